The Bertz CT molecular complexity index is 1110. The average molecular weight is 512 g/mol. The van der Waals surface area contributed by atoms with Gasteiger partial charge in [-0.25, -0.2) is 12.8 Å². The fourth-order valence-electron chi connectivity index (χ4n) is 3.46. The third-order valence-corrected chi connectivity index (χ3v) is 6.53. The van der Waals surface area contributed by atoms with E-state index in [4.69, 9.17) is 11.6 Å². The lowest BCUT2D eigenvalue weighted by atomic mass is 10.1. The number of carbonyl (C=O) groups is 2. The summed E-state index contributed by atoms with van der Waals surface area (Å²) in [7, 11) is -3.77. The molecule has 0 bridgehead atoms. The third-order valence-electron chi connectivity index (χ3n) is 5.11. The van der Waals surface area contributed by atoms with Gasteiger partial charge >= 0.3 is 0 Å². The number of sulfonamides is 1. The highest BCUT2D eigenvalue weighted by Crippen LogP contribution is 2.22. The zero-order valence-corrected chi connectivity index (χ0v) is 21.4. The molecule has 34 heavy (non-hydrogen) atoms. The van der Waals surface area contributed by atoms with E-state index in [-0.39, 0.29) is 49.5 Å². The second-order valence-electron chi connectivity index (χ2n) is 8.38. The normalized spacial score (nSPS) is 12.3. The molecule has 2 aromatic rings. The molecule has 0 fully saturated rings. The number of hydrogen-bond acceptors (Lipinski definition) is 4. The van der Waals surface area contributed by atoms with Gasteiger partial charge in [0.25, 0.3) is 0 Å². The summed E-state index contributed by atoms with van der Waals surface area (Å²) in [6.07, 6.45) is 1.11. The minimum Gasteiger partial charge on any atom is -0.352 e. The largest absolute Gasteiger partial charge is 0.352 e. The van der Waals surface area contributed by atoms with E-state index in [2.05, 4.69) is 5.32 Å². The van der Waals surface area contributed by atoms with Crippen molar-refractivity contribution in [3.05, 3.63) is 64.9 Å². The molecule has 0 aromatic heterocycles. The minimum absolute atomic E-state index is 0.0274. The predicted molar refractivity (Wildman–Crippen MR) is 133 cm³/mol. The molecule has 0 aliphatic rings. The van der Waals surface area contributed by atoms with Crippen molar-refractivity contribution in [3.63, 3.8) is 0 Å². The van der Waals surface area contributed by atoms with Gasteiger partial charge in [-0.2, -0.15) is 0 Å². The zero-order valence-electron chi connectivity index (χ0n) is 19.8. The van der Waals surface area contributed by atoms with Gasteiger partial charge in [0.15, 0.2) is 0 Å². The van der Waals surface area contributed by atoms with Gasteiger partial charge < -0.3 is 10.2 Å². The summed E-state index contributed by atoms with van der Waals surface area (Å²) in [6, 6.07) is 11.7. The molecular formula is C24H31ClFN3O4S. The molecule has 0 saturated heterocycles. The summed E-state index contributed by atoms with van der Waals surface area (Å²) in [5.74, 6) is -1.29. The van der Waals surface area contributed by atoms with E-state index in [1.807, 2.05) is 19.9 Å². The number of nitrogens with one attached hydrogen (secondary N) is 1. The van der Waals surface area contributed by atoms with Gasteiger partial charge in [0, 0.05) is 30.6 Å². The summed E-state index contributed by atoms with van der Waals surface area (Å²) in [6.45, 7) is 5.38. The molecule has 2 rings (SSSR count). The highest BCUT2D eigenvalue weighted by molar-refractivity contribution is 7.92. The molecule has 2 amide bonds. The second kappa shape index (κ2) is 12.2. The van der Waals surface area contributed by atoms with E-state index in [1.54, 1.807) is 31.2 Å². The van der Waals surface area contributed by atoms with E-state index in [0.717, 1.165) is 16.1 Å². The highest BCUT2D eigenvalue weighted by Gasteiger charge is 2.27. The molecule has 1 unspecified atom stereocenters. The monoisotopic (exact) mass is 511 g/mol. The van der Waals surface area contributed by atoms with Crippen molar-refractivity contribution in [2.24, 2.45) is 0 Å². The fourth-order valence-corrected chi connectivity index (χ4v) is 4.64. The maximum absolute atomic E-state index is 14.2. The average Bonchev–Trinajstić information content (AvgIpc) is 2.74. The number of nitrogens with zero attached hydrogens (tertiary/aromatic N) is 2. The number of rotatable bonds is 11. The maximum Gasteiger partial charge on any atom is 0.242 e. The van der Waals surface area contributed by atoms with Crippen molar-refractivity contribution in [3.8, 4) is 0 Å². The SMILES string of the molecule is CC(C)NC(=O)C(C)N(Cc1cccc(Cl)c1)C(=O)CCCN(c1ccccc1F)S(C)(=O)=O. The van der Waals surface area contributed by atoms with E-state index >= 15 is 0 Å². The van der Waals surface area contributed by atoms with E-state index in [0.29, 0.717) is 5.02 Å². The van der Waals surface area contributed by atoms with Crippen molar-refractivity contribution < 1.29 is 22.4 Å². The minimum atomic E-state index is -3.77. The van der Waals surface area contributed by atoms with Crippen LogP contribution in [0.25, 0.3) is 0 Å². The first-order chi connectivity index (χ1) is 15.9. The summed E-state index contributed by atoms with van der Waals surface area (Å²) < 4.78 is 39.7. The molecule has 10 heteroatoms. The predicted octanol–water partition coefficient (Wildman–Crippen LogP) is 3.97. The van der Waals surface area contributed by atoms with Crippen molar-refractivity contribution in [1.29, 1.82) is 0 Å². The number of benzene rings is 2. The Morgan fingerprint density at radius 2 is 1.76 bits per heavy atom. The molecule has 1 N–H and O–H groups in total. The maximum atomic E-state index is 14.2. The summed E-state index contributed by atoms with van der Waals surface area (Å²) >= 11 is 6.08. The number of hydrogen-bond donors (Lipinski definition) is 1. The Morgan fingerprint density at radius 1 is 1.09 bits per heavy atom. The Hall–Kier alpha value is -2.65. The van der Waals surface area contributed by atoms with Gasteiger partial charge in [0.1, 0.15) is 11.9 Å². The Kier molecular flexibility index (Phi) is 9.88. The Morgan fingerprint density at radius 3 is 2.35 bits per heavy atom. The van der Waals surface area contributed by atoms with Gasteiger partial charge in [0.2, 0.25) is 21.8 Å². The van der Waals surface area contributed by atoms with Crippen LogP contribution in [0.1, 0.15) is 39.2 Å². The second-order valence-corrected chi connectivity index (χ2v) is 10.7. The molecule has 7 nitrogen and oxygen atoms in total. The fraction of sp³-hybridized carbons (Fsp3) is 0.417. The molecule has 186 valence electrons. The van der Waals surface area contributed by atoms with E-state index in [9.17, 15) is 22.4 Å². The van der Waals surface area contributed by atoms with Gasteiger partial charge in [-0.05, 0) is 57.0 Å². The van der Waals surface area contributed by atoms with Crippen LogP contribution in [0.2, 0.25) is 5.02 Å². The van der Waals surface area contributed by atoms with Crippen LogP contribution in [0.4, 0.5) is 10.1 Å². The molecule has 0 saturated carbocycles. The highest BCUT2D eigenvalue weighted by atomic mass is 35.5. The summed E-state index contributed by atoms with van der Waals surface area (Å²) in [5, 5.41) is 3.32. The molecule has 2 aromatic carbocycles. The van der Waals surface area contributed by atoms with Crippen LogP contribution >= 0.6 is 11.6 Å². The summed E-state index contributed by atoms with van der Waals surface area (Å²) in [4.78, 5) is 27.2. The lowest BCUT2D eigenvalue weighted by molar-refractivity contribution is -0.140. The molecular weight excluding hydrogens is 481 g/mol. The first-order valence-electron chi connectivity index (χ1n) is 11.0. The number of carbonyl (C=O) groups excluding carboxylic acids is 2. The van der Waals surface area contributed by atoms with Crippen molar-refractivity contribution >= 4 is 39.1 Å². The van der Waals surface area contributed by atoms with Gasteiger partial charge in [-0.3, -0.25) is 13.9 Å². The molecule has 0 radical (unpaired) electrons. The number of amides is 2. The van der Waals surface area contributed by atoms with Gasteiger partial charge in [-0.1, -0.05) is 35.9 Å². The lowest BCUT2D eigenvalue weighted by Crippen LogP contribution is -2.49. The number of halogens is 2. The lowest BCUT2D eigenvalue weighted by Gasteiger charge is -2.30. The Labute approximate surface area is 205 Å². The van der Waals surface area contributed by atoms with Gasteiger partial charge in [0.05, 0.1) is 11.9 Å². The van der Waals surface area contributed by atoms with Crippen molar-refractivity contribution in [1.82, 2.24) is 10.2 Å². The van der Waals surface area contributed by atoms with Crippen LogP contribution in [-0.2, 0) is 26.2 Å². The van der Waals surface area contributed by atoms with Crippen molar-refractivity contribution in [2.45, 2.75) is 52.2 Å². The molecule has 0 aliphatic carbocycles. The van der Waals surface area contributed by atoms with Crippen molar-refractivity contribution in [2.75, 3.05) is 17.1 Å². The first-order valence-corrected chi connectivity index (χ1v) is 13.2. The smallest absolute Gasteiger partial charge is 0.242 e. The number of anilines is 1. The van der Waals surface area contributed by atoms with Crippen LogP contribution in [0.5, 0.6) is 0 Å². The van der Waals surface area contributed by atoms with E-state index < -0.39 is 21.9 Å². The standard InChI is InChI=1S/C24H31ClFN3O4S/c1-17(2)27-24(31)18(3)28(16-19-9-7-10-20(25)15-19)23(30)13-8-14-29(34(4,32)33)22-12-6-5-11-21(22)26/h5-7,9-12,15,17-18H,8,13-14,16H2,1-4H3,(H,27,31). The Balaban J connectivity index is 2.18. The third kappa shape index (κ3) is 7.99. The van der Waals surface area contributed by atoms with Crippen LogP contribution in [0, 0.1) is 5.82 Å². The van der Waals surface area contributed by atoms with E-state index in [1.165, 1.54) is 23.1 Å². The molecule has 0 spiro atoms. The topological polar surface area (TPSA) is 86.8 Å². The molecule has 0 heterocycles. The first kappa shape index (κ1) is 27.6. The van der Waals surface area contributed by atoms with Crippen LogP contribution in [0.3, 0.4) is 0 Å². The zero-order chi connectivity index (χ0) is 25.5. The quantitative estimate of drug-likeness (QED) is 0.494. The molecule has 1 atom stereocenters. The van der Waals surface area contributed by atoms with Crippen LogP contribution < -0.4 is 9.62 Å². The summed E-state index contributed by atoms with van der Waals surface area (Å²) in [5.41, 5.74) is 0.687. The van der Waals surface area contributed by atoms with Gasteiger partial charge in [-0.15, -0.1) is 0 Å². The molecule has 0 aliphatic heterocycles. The van der Waals surface area contributed by atoms with Crippen LogP contribution in [0.15, 0.2) is 48.5 Å². The number of para-hydroxylation sites is 1. The van der Waals surface area contributed by atoms with Crippen LogP contribution in [-0.4, -0.2) is 50.0 Å².